The van der Waals surface area contributed by atoms with E-state index in [-0.39, 0.29) is 5.56 Å². The Balaban J connectivity index is 2.95. The number of halogens is 1. The molecule has 0 amide bonds. The number of pyridine rings is 1. The number of aromatic nitrogens is 1. The predicted octanol–water partition coefficient (Wildman–Crippen LogP) is 2.60. The molecule has 0 bridgehead atoms. The molecule has 3 heteroatoms. The summed E-state index contributed by atoms with van der Waals surface area (Å²) in [4.78, 5) is 13.9. The second kappa shape index (κ2) is 3.00. The first-order chi connectivity index (χ1) is 6.16. The topological polar surface area (TPSA) is 32.9 Å². The van der Waals surface area contributed by atoms with Gasteiger partial charge in [0.1, 0.15) is 0 Å². The smallest absolute Gasteiger partial charge is 0.249 e. The van der Waals surface area contributed by atoms with Crippen LogP contribution in [0.4, 0.5) is 0 Å². The standard InChI is InChI=1S/C10H8BrNO/c1-6-2-3-9-7(4-6)8(11)5-10(13)12-9/h2-5H,1H3,(H,12,13). The van der Waals surface area contributed by atoms with Crippen molar-refractivity contribution in [1.82, 2.24) is 4.98 Å². The quantitative estimate of drug-likeness (QED) is 0.751. The van der Waals surface area contributed by atoms with Crippen LogP contribution in [0.2, 0.25) is 0 Å². The Hall–Kier alpha value is -1.09. The highest BCUT2D eigenvalue weighted by atomic mass is 79.9. The number of fused-ring (bicyclic) bond motifs is 1. The molecule has 2 rings (SSSR count). The zero-order chi connectivity index (χ0) is 9.42. The van der Waals surface area contributed by atoms with Gasteiger partial charge in [0.05, 0.1) is 0 Å². The van der Waals surface area contributed by atoms with Gasteiger partial charge in [-0.1, -0.05) is 11.6 Å². The number of hydrogen-bond acceptors (Lipinski definition) is 1. The van der Waals surface area contributed by atoms with Gasteiger partial charge in [-0.05, 0) is 35.0 Å². The van der Waals surface area contributed by atoms with Crippen LogP contribution in [0.5, 0.6) is 0 Å². The summed E-state index contributed by atoms with van der Waals surface area (Å²) in [7, 11) is 0. The molecule has 13 heavy (non-hydrogen) atoms. The molecular weight excluding hydrogens is 230 g/mol. The van der Waals surface area contributed by atoms with Gasteiger partial charge in [0.15, 0.2) is 0 Å². The monoisotopic (exact) mass is 237 g/mol. The number of hydrogen-bond donors (Lipinski definition) is 1. The average molecular weight is 238 g/mol. The highest BCUT2D eigenvalue weighted by Gasteiger charge is 1.99. The van der Waals surface area contributed by atoms with E-state index < -0.39 is 0 Å². The first kappa shape index (κ1) is 8.51. The van der Waals surface area contributed by atoms with Gasteiger partial charge in [0.2, 0.25) is 5.56 Å². The fourth-order valence-corrected chi connectivity index (χ4v) is 1.86. The minimum Gasteiger partial charge on any atom is -0.322 e. The largest absolute Gasteiger partial charge is 0.322 e. The summed E-state index contributed by atoms with van der Waals surface area (Å²) in [6.07, 6.45) is 0. The molecule has 0 unspecified atom stereocenters. The summed E-state index contributed by atoms with van der Waals surface area (Å²) < 4.78 is 0.843. The molecule has 0 aliphatic carbocycles. The van der Waals surface area contributed by atoms with Crippen molar-refractivity contribution in [1.29, 1.82) is 0 Å². The summed E-state index contributed by atoms with van der Waals surface area (Å²) in [6.45, 7) is 2.02. The summed E-state index contributed by atoms with van der Waals surface area (Å²) in [6, 6.07) is 7.47. The molecule has 0 aliphatic heterocycles. The average Bonchev–Trinajstić information content (AvgIpc) is 2.06. The second-order valence-corrected chi connectivity index (χ2v) is 3.88. The van der Waals surface area contributed by atoms with Crippen molar-refractivity contribution in [3.05, 3.63) is 44.7 Å². The lowest BCUT2D eigenvalue weighted by Gasteiger charge is -2.00. The predicted molar refractivity (Wildman–Crippen MR) is 57.0 cm³/mol. The summed E-state index contributed by atoms with van der Waals surface area (Å²) in [5, 5.41) is 1.04. The lowest BCUT2D eigenvalue weighted by molar-refractivity contribution is 1.29. The van der Waals surface area contributed by atoms with Crippen molar-refractivity contribution in [2.24, 2.45) is 0 Å². The fraction of sp³-hybridized carbons (Fsp3) is 0.100. The number of benzene rings is 1. The molecule has 0 radical (unpaired) electrons. The fourth-order valence-electron chi connectivity index (χ4n) is 1.33. The van der Waals surface area contributed by atoms with Gasteiger partial charge in [0.25, 0.3) is 0 Å². The van der Waals surface area contributed by atoms with Gasteiger partial charge < -0.3 is 4.98 Å². The molecule has 2 aromatic rings. The Bertz CT molecular complexity index is 516. The van der Waals surface area contributed by atoms with E-state index in [2.05, 4.69) is 20.9 Å². The van der Waals surface area contributed by atoms with Crippen LogP contribution < -0.4 is 5.56 Å². The van der Waals surface area contributed by atoms with E-state index in [1.54, 1.807) is 6.07 Å². The van der Waals surface area contributed by atoms with E-state index in [9.17, 15) is 4.79 Å². The summed E-state index contributed by atoms with van der Waals surface area (Å²) in [5.41, 5.74) is 1.97. The highest BCUT2D eigenvalue weighted by Crippen LogP contribution is 2.20. The Kier molecular flexibility index (Phi) is 1.96. The number of aryl methyl sites for hydroxylation is 1. The summed E-state index contributed by atoms with van der Waals surface area (Å²) in [5.74, 6) is 0. The Morgan fingerprint density at radius 2 is 2.08 bits per heavy atom. The maximum atomic E-state index is 11.1. The van der Waals surface area contributed by atoms with Crippen LogP contribution in [0.1, 0.15) is 5.56 Å². The number of aromatic amines is 1. The van der Waals surface area contributed by atoms with Crippen LogP contribution in [0.3, 0.4) is 0 Å². The van der Waals surface area contributed by atoms with Gasteiger partial charge >= 0.3 is 0 Å². The SMILES string of the molecule is Cc1ccc2[nH]c(=O)cc(Br)c2c1. The van der Waals surface area contributed by atoms with E-state index in [0.717, 1.165) is 15.4 Å². The molecule has 1 heterocycles. The summed E-state index contributed by atoms with van der Waals surface area (Å²) >= 11 is 3.36. The molecule has 0 atom stereocenters. The van der Waals surface area contributed by atoms with Crippen LogP contribution in [0.25, 0.3) is 10.9 Å². The van der Waals surface area contributed by atoms with Crippen LogP contribution in [0.15, 0.2) is 33.5 Å². The third kappa shape index (κ3) is 1.52. The Morgan fingerprint density at radius 1 is 1.31 bits per heavy atom. The van der Waals surface area contributed by atoms with Crippen molar-refractivity contribution in [2.75, 3.05) is 0 Å². The number of rotatable bonds is 0. The Morgan fingerprint density at radius 3 is 2.85 bits per heavy atom. The van der Waals surface area contributed by atoms with Crippen molar-refractivity contribution in [2.45, 2.75) is 6.92 Å². The van der Waals surface area contributed by atoms with Crippen LogP contribution >= 0.6 is 15.9 Å². The van der Waals surface area contributed by atoms with E-state index >= 15 is 0 Å². The minimum absolute atomic E-state index is 0.0803. The van der Waals surface area contributed by atoms with Crippen molar-refractivity contribution in [3.8, 4) is 0 Å². The third-order valence-electron chi connectivity index (χ3n) is 1.95. The zero-order valence-corrected chi connectivity index (χ0v) is 8.68. The molecule has 0 aliphatic rings. The van der Waals surface area contributed by atoms with E-state index in [0.29, 0.717) is 0 Å². The van der Waals surface area contributed by atoms with Gasteiger partial charge in [-0.2, -0.15) is 0 Å². The normalized spacial score (nSPS) is 10.6. The maximum Gasteiger partial charge on any atom is 0.249 e. The number of H-pyrrole nitrogens is 1. The molecule has 1 aromatic carbocycles. The first-order valence-corrected chi connectivity index (χ1v) is 4.75. The van der Waals surface area contributed by atoms with Crippen LogP contribution in [0, 0.1) is 6.92 Å². The molecule has 0 saturated heterocycles. The van der Waals surface area contributed by atoms with Crippen molar-refractivity contribution in [3.63, 3.8) is 0 Å². The highest BCUT2D eigenvalue weighted by molar-refractivity contribution is 9.10. The van der Waals surface area contributed by atoms with Crippen LogP contribution in [-0.2, 0) is 0 Å². The lowest BCUT2D eigenvalue weighted by atomic mass is 10.1. The van der Waals surface area contributed by atoms with Gasteiger partial charge in [-0.3, -0.25) is 4.79 Å². The van der Waals surface area contributed by atoms with Gasteiger partial charge in [-0.15, -0.1) is 0 Å². The number of nitrogens with one attached hydrogen (secondary N) is 1. The molecule has 1 aromatic heterocycles. The maximum absolute atomic E-state index is 11.1. The molecule has 0 fully saturated rings. The van der Waals surface area contributed by atoms with Crippen molar-refractivity contribution < 1.29 is 0 Å². The lowest BCUT2D eigenvalue weighted by Crippen LogP contribution is -2.03. The molecule has 66 valence electrons. The molecule has 0 saturated carbocycles. The van der Waals surface area contributed by atoms with E-state index in [1.807, 2.05) is 25.1 Å². The van der Waals surface area contributed by atoms with E-state index in [4.69, 9.17) is 0 Å². The first-order valence-electron chi connectivity index (χ1n) is 3.96. The molecule has 0 spiro atoms. The molecule has 1 N–H and O–H groups in total. The van der Waals surface area contributed by atoms with Gasteiger partial charge in [0, 0.05) is 21.4 Å². The third-order valence-corrected chi connectivity index (χ3v) is 2.60. The molecular formula is C10H8BrNO. The second-order valence-electron chi connectivity index (χ2n) is 3.03. The van der Waals surface area contributed by atoms with Gasteiger partial charge in [-0.25, -0.2) is 0 Å². The Labute approximate surface area is 83.7 Å². The van der Waals surface area contributed by atoms with Crippen LogP contribution in [-0.4, -0.2) is 4.98 Å². The van der Waals surface area contributed by atoms with Crippen molar-refractivity contribution >= 4 is 26.8 Å². The van der Waals surface area contributed by atoms with E-state index in [1.165, 1.54) is 5.56 Å². The zero-order valence-electron chi connectivity index (χ0n) is 7.10. The molecule has 2 nitrogen and oxygen atoms in total. The minimum atomic E-state index is -0.0803.